The summed E-state index contributed by atoms with van der Waals surface area (Å²) in [6.45, 7) is 0.404. The molecule has 1 fully saturated rings. The molecule has 0 radical (unpaired) electrons. The molecule has 1 aromatic heterocycles. The summed E-state index contributed by atoms with van der Waals surface area (Å²) in [5.74, 6) is 0.645. The van der Waals surface area contributed by atoms with Crippen LogP contribution in [-0.4, -0.2) is 19.9 Å². The summed E-state index contributed by atoms with van der Waals surface area (Å²) in [4.78, 5) is 13.5. The van der Waals surface area contributed by atoms with Gasteiger partial charge in [0.05, 0.1) is 0 Å². The lowest BCUT2D eigenvalue weighted by Gasteiger charge is -2.24. The van der Waals surface area contributed by atoms with Gasteiger partial charge in [0.25, 0.3) is 5.56 Å². The lowest BCUT2D eigenvalue weighted by Crippen LogP contribution is -2.31. The lowest BCUT2D eigenvalue weighted by molar-refractivity contribution is 0.297. The zero-order valence-electron chi connectivity index (χ0n) is 9.48. The topological polar surface area (TPSA) is 79.0 Å². The fourth-order valence-corrected chi connectivity index (χ4v) is 2.98. The molecule has 17 heavy (non-hydrogen) atoms. The Morgan fingerprint density at radius 2 is 2.18 bits per heavy atom. The Labute approximate surface area is 100 Å². The van der Waals surface area contributed by atoms with Gasteiger partial charge in [0.1, 0.15) is 4.90 Å². The van der Waals surface area contributed by atoms with Gasteiger partial charge in [0.2, 0.25) is 10.0 Å². The van der Waals surface area contributed by atoms with Crippen molar-refractivity contribution in [1.82, 2.24) is 9.71 Å². The van der Waals surface area contributed by atoms with Crippen LogP contribution in [0.3, 0.4) is 0 Å². The van der Waals surface area contributed by atoms with E-state index < -0.39 is 15.6 Å². The van der Waals surface area contributed by atoms with Gasteiger partial charge in [0.15, 0.2) is 0 Å². The Balaban J connectivity index is 1.98. The van der Waals surface area contributed by atoms with Gasteiger partial charge in [0, 0.05) is 12.7 Å². The summed E-state index contributed by atoms with van der Waals surface area (Å²) in [6, 6.07) is 2.81. The van der Waals surface area contributed by atoms with Crippen LogP contribution in [0.1, 0.15) is 25.7 Å². The standard InChI is InChI=1S/C11H16N2O3S/c14-11-10(5-2-7-12-11)17(15,16)13-8-6-9-3-1-4-9/h2,5,7,9,13H,1,3-4,6,8H2,(H,12,14). The smallest absolute Gasteiger partial charge is 0.268 e. The molecule has 1 heterocycles. The largest absolute Gasteiger partial charge is 0.328 e. The number of nitrogens with one attached hydrogen (secondary N) is 2. The fraction of sp³-hybridized carbons (Fsp3) is 0.545. The zero-order valence-corrected chi connectivity index (χ0v) is 10.3. The van der Waals surface area contributed by atoms with Crippen LogP contribution in [0.25, 0.3) is 0 Å². The molecule has 5 nitrogen and oxygen atoms in total. The van der Waals surface area contributed by atoms with Crippen LogP contribution in [0.2, 0.25) is 0 Å². The highest BCUT2D eigenvalue weighted by Crippen LogP contribution is 2.28. The Kier molecular flexibility index (Phi) is 3.63. The Morgan fingerprint density at radius 1 is 1.41 bits per heavy atom. The van der Waals surface area contributed by atoms with Crippen molar-refractivity contribution in [2.75, 3.05) is 6.54 Å². The van der Waals surface area contributed by atoms with Gasteiger partial charge in [-0.1, -0.05) is 19.3 Å². The summed E-state index contributed by atoms with van der Waals surface area (Å²) < 4.78 is 26.1. The van der Waals surface area contributed by atoms with Crippen molar-refractivity contribution in [3.8, 4) is 0 Å². The van der Waals surface area contributed by atoms with E-state index >= 15 is 0 Å². The quantitative estimate of drug-likeness (QED) is 0.819. The summed E-state index contributed by atoms with van der Waals surface area (Å²) in [6.07, 6.45) is 5.89. The molecule has 0 saturated heterocycles. The minimum Gasteiger partial charge on any atom is -0.328 e. The minimum absolute atomic E-state index is 0.214. The monoisotopic (exact) mass is 256 g/mol. The second-order valence-corrected chi connectivity index (χ2v) is 6.08. The fourth-order valence-electron chi connectivity index (χ4n) is 1.87. The van der Waals surface area contributed by atoms with E-state index in [1.807, 2.05) is 0 Å². The molecule has 2 N–H and O–H groups in total. The van der Waals surface area contributed by atoms with Gasteiger partial charge in [-0.3, -0.25) is 4.79 Å². The van der Waals surface area contributed by atoms with E-state index in [2.05, 4.69) is 9.71 Å². The number of pyridine rings is 1. The minimum atomic E-state index is -3.66. The second-order valence-electron chi connectivity index (χ2n) is 4.35. The van der Waals surface area contributed by atoms with Gasteiger partial charge in [-0.2, -0.15) is 0 Å². The van der Waals surface area contributed by atoms with Gasteiger partial charge < -0.3 is 4.98 Å². The maximum absolute atomic E-state index is 11.8. The van der Waals surface area contributed by atoms with Crippen molar-refractivity contribution in [3.05, 3.63) is 28.7 Å². The van der Waals surface area contributed by atoms with Crippen molar-refractivity contribution >= 4 is 10.0 Å². The highest BCUT2D eigenvalue weighted by molar-refractivity contribution is 7.89. The molecule has 0 atom stereocenters. The molecular weight excluding hydrogens is 240 g/mol. The average Bonchev–Trinajstić information content (AvgIpc) is 2.22. The third-order valence-corrected chi connectivity index (χ3v) is 4.63. The van der Waals surface area contributed by atoms with Crippen molar-refractivity contribution in [2.24, 2.45) is 5.92 Å². The number of hydrogen-bond donors (Lipinski definition) is 2. The predicted molar refractivity (Wildman–Crippen MR) is 64.2 cm³/mol. The lowest BCUT2D eigenvalue weighted by atomic mass is 9.83. The molecule has 0 aliphatic heterocycles. The highest BCUT2D eigenvalue weighted by Gasteiger charge is 2.20. The molecular formula is C11H16N2O3S. The van der Waals surface area contributed by atoms with Gasteiger partial charge in [-0.15, -0.1) is 0 Å². The summed E-state index contributed by atoms with van der Waals surface area (Å²) in [7, 11) is -3.66. The van der Waals surface area contributed by atoms with E-state index in [1.54, 1.807) is 0 Å². The zero-order chi connectivity index (χ0) is 12.3. The van der Waals surface area contributed by atoms with Crippen LogP contribution in [-0.2, 0) is 10.0 Å². The number of rotatable bonds is 5. The average molecular weight is 256 g/mol. The normalized spacial score (nSPS) is 16.7. The van der Waals surface area contributed by atoms with Crippen LogP contribution >= 0.6 is 0 Å². The Hall–Kier alpha value is -1.14. The summed E-state index contributed by atoms with van der Waals surface area (Å²) >= 11 is 0. The number of aromatic nitrogens is 1. The molecule has 0 unspecified atom stereocenters. The number of hydrogen-bond acceptors (Lipinski definition) is 3. The van der Waals surface area contributed by atoms with Crippen LogP contribution in [0.4, 0.5) is 0 Å². The predicted octanol–water partition coefficient (Wildman–Crippen LogP) is 0.843. The van der Waals surface area contributed by atoms with Gasteiger partial charge >= 0.3 is 0 Å². The Bertz CT molecular complexity index is 532. The van der Waals surface area contributed by atoms with Crippen molar-refractivity contribution in [1.29, 1.82) is 0 Å². The highest BCUT2D eigenvalue weighted by atomic mass is 32.2. The molecule has 6 heteroatoms. The molecule has 0 aromatic carbocycles. The third kappa shape index (κ3) is 2.95. The summed E-state index contributed by atoms with van der Waals surface area (Å²) in [5, 5.41) is 0. The van der Waals surface area contributed by atoms with Crippen LogP contribution in [0.5, 0.6) is 0 Å². The number of aromatic amines is 1. The SMILES string of the molecule is O=c1[nH]cccc1S(=O)(=O)NCCC1CCC1. The number of H-pyrrole nitrogens is 1. The first-order chi connectivity index (χ1) is 8.09. The molecule has 1 aliphatic rings. The van der Waals surface area contributed by atoms with Crippen LogP contribution < -0.4 is 10.3 Å². The number of sulfonamides is 1. The van der Waals surface area contributed by atoms with Crippen molar-refractivity contribution < 1.29 is 8.42 Å². The van der Waals surface area contributed by atoms with E-state index in [0.29, 0.717) is 12.5 Å². The molecule has 2 rings (SSSR count). The maximum Gasteiger partial charge on any atom is 0.268 e. The van der Waals surface area contributed by atoms with Crippen molar-refractivity contribution in [3.63, 3.8) is 0 Å². The second kappa shape index (κ2) is 5.01. The first-order valence-electron chi connectivity index (χ1n) is 5.77. The molecule has 1 aromatic rings. The van der Waals surface area contributed by atoms with Gasteiger partial charge in [-0.05, 0) is 24.5 Å². The maximum atomic E-state index is 11.8. The molecule has 1 aliphatic carbocycles. The van der Waals surface area contributed by atoms with Crippen LogP contribution in [0, 0.1) is 5.92 Å². The molecule has 94 valence electrons. The van der Waals surface area contributed by atoms with E-state index in [4.69, 9.17) is 0 Å². The van der Waals surface area contributed by atoms with E-state index in [1.165, 1.54) is 37.6 Å². The third-order valence-electron chi connectivity index (χ3n) is 3.14. The van der Waals surface area contributed by atoms with Gasteiger partial charge in [-0.25, -0.2) is 13.1 Å². The molecule has 0 spiro atoms. The molecule has 0 amide bonds. The van der Waals surface area contributed by atoms with E-state index in [9.17, 15) is 13.2 Å². The molecule has 1 saturated carbocycles. The Morgan fingerprint density at radius 3 is 2.76 bits per heavy atom. The van der Waals surface area contributed by atoms with Crippen molar-refractivity contribution in [2.45, 2.75) is 30.6 Å². The van der Waals surface area contributed by atoms with E-state index in [0.717, 1.165) is 6.42 Å². The first-order valence-corrected chi connectivity index (χ1v) is 7.25. The first kappa shape index (κ1) is 12.3. The molecule has 0 bridgehead atoms. The van der Waals surface area contributed by atoms with Crippen LogP contribution in [0.15, 0.2) is 28.0 Å². The van der Waals surface area contributed by atoms with E-state index in [-0.39, 0.29) is 4.90 Å². The summed E-state index contributed by atoms with van der Waals surface area (Å²) in [5.41, 5.74) is -0.580.